The van der Waals surface area contributed by atoms with Gasteiger partial charge in [-0.3, -0.25) is 0 Å². The second-order valence-electron chi connectivity index (χ2n) is 3.67. The minimum Gasteiger partial charge on any atom is -0.478 e. The third-order valence-electron chi connectivity index (χ3n) is 2.52. The number of aromatic carboxylic acids is 1. The van der Waals surface area contributed by atoms with E-state index in [0.717, 1.165) is 0 Å². The summed E-state index contributed by atoms with van der Waals surface area (Å²) in [6.45, 7) is 1.78. The Morgan fingerprint density at radius 1 is 1.50 bits per heavy atom. The summed E-state index contributed by atoms with van der Waals surface area (Å²) in [4.78, 5) is 12.1. The Morgan fingerprint density at radius 2 is 2.22 bits per heavy atom. The molecular weight excluding hydrogens is 272 g/mol. The number of aryl methyl sites for hydroxylation is 1. The summed E-state index contributed by atoms with van der Waals surface area (Å²) < 4.78 is 1.50. The summed E-state index contributed by atoms with van der Waals surface area (Å²) in [6, 6.07) is 5.29. The van der Waals surface area contributed by atoms with Crippen molar-refractivity contribution in [1.82, 2.24) is 9.78 Å². The lowest BCUT2D eigenvalue weighted by Crippen LogP contribution is -2.07. The van der Waals surface area contributed by atoms with E-state index in [2.05, 4.69) is 5.10 Å². The number of halogens is 1. The molecule has 0 bridgehead atoms. The Hall–Kier alpha value is -1.46. The molecule has 0 radical (unpaired) electrons. The highest BCUT2D eigenvalue weighted by molar-refractivity contribution is 7.98. The lowest BCUT2D eigenvalue weighted by molar-refractivity contribution is 0.0693. The van der Waals surface area contributed by atoms with Crippen molar-refractivity contribution < 1.29 is 9.90 Å². The molecule has 1 N–H and O–H groups in total. The van der Waals surface area contributed by atoms with Gasteiger partial charge in [0.1, 0.15) is 0 Å². The molecule has 1 heterocycles. The van der Waals surface area contributed by atoms with Gasteiger partial charge >= 0.3 is 5.97 Å². The number of aromatic nitrogens is 2. The van der Waals surface area contributed by atoms with Gasteiger partial charge in [-0.1, -0.05) is 17.7 Å². The number of nitrogens with zero attached hydrogens (tertiary/aromatic N) is 2. The SMILES string of the molecule is CSc1cccc(-n2cc(Cl)c(C)n2)c1C(=O)O. The number of carboxylic acids is 1. The highest BCUT2D eigenvalue weighted by Gasteiger charge is 2.17. The standard InChI is InChI=1S/C12H11ClN2O2S/c1-7-8(13)6-15(14-7)9-4-3-5-10(18-2)11(9)12(16)17/h3-6H,1-2H3,(H,16,17). The molecule has 0 atom stereocenters. The summed E-state index contributed by atoms with van der Waals surface area (Å²) in [5.41, 5.74) is 1.43. The maximum atomic E-state index is 11.4. The summed E-state index contributed by atoms with van der Waals surface area (Å²) in [5.74, 6) is -0.973. The summed E-state index contributed by atoms with van der Waals surface area (Å²) >= 11 is 7.34. The minimum atomic E-state index is -0.973. The highest BCUT2D eigenvalue weighted by Crippen LogP contribution is 2.27. The smallest absolute Gasteiger partial charge is 0.339 e. The molecule has 0 aliphatic heterocycles. The molecule has 0 spiro atoms. The van der Waals surface area contributed by atoms with Crippen molar-refractivity contribution in [2.75, 3.05) is 6.26 Å². The van der Waals surface area contributed by atoms with E-state index in [9.17, 15) is 9.90 Å². The normalized spacial score (nSPS) is 10.6. The molecule has 0 aliphatic carbocycles. The highest BCUT2D eigenvalue weighted by atomic mass is 35.5. The first kappa shape index (κ1) is 13.0. The molecule has 2 rings (SSSR count). The van der Waals surface area contributed by atoms with E-state index < -0.39 is 5.97 Å². The fraction of sp³-hybridized carbons (Fsp3) is 0.167. The van der Waals surface area contributed by atoms with E-state index in [1.165, 1.54) is 16.4 Å². The van der Waals surface area contributed by atoms with Gasteiger partial charge in [-0.05, 0) is 25.3 Å². The average Bonchev–Trinajstić information content (AvgIpc) is 2.68. The van der Waals surface area contributed by atoms with Gasteiger partial charge in [-0.2, -0.15) is 5.10 Å². The van der Waals surface area contributed by atoms with Crippen molar-refractivity contribution in [3.8, 4) is 5.69 Å². The molecule has 1 aromatic carbocycles. The number of carbonyl (C=O) groups is 1. The van der Waals surface area contributed by atoms with Crippen molar-refractivity contribution >= 4 is 29.3 Å². The first-order valence-corrected chi connectivity index (χ1v) is 6.77. The topological polar surface area (TPSA) is 55.1 Å². The summed E-state index contributed by atoms with van der Waals surface area (Å²) in [5, 5.41) is 14.1. The van der Waals surface area contributed by atoms with Gasteiger partial charge in [0.15, 0.2) is 0 Å². The number of rotatable bonds is 3. The summed E-state index contributed by atoms with van der Waals surface area (Å²) in [7, 11) is 0. The summed E-state index contributed by atoms with van der Waals surface area (Å²) in [6.07, 6.45) is 3.45. The Balaban J connectivity index is 2.67. The Morgan fingerprint density at radius 3 is 2.72 bits per heavy atom. The Labute approximate surface area is 114 Å². The van der Waals surface area contributed by atoms with Crippen molar-refractivity contribution in [1.29, 1.82) is 0 Å². The van der Waals surface area contributed by atoms with Gasteiger partial charge in [-0.25, -0.2) is 9.48 Å². The Kier molecular flexibility index (Phi) is 3.63. The van der Waals surface area contributed by atoms with E-state index in [0.29, 0.717) is 21.3 Å². The van der Waals surface area contributed by atoms with E-state index >= 15 is 0 Å². The number of hydrogen-bond donors (Lipinski definition) is 1. The molecule has 2 aromatic rings. The molecule has 6 heteroatoms. The molecule has 94 valence electrons. The van der Waals surface area contributed by atoms with E-state index in [4.69, 9.17) is 11.6 Å². The van der Waals surface area contributed by atoms with Gasteiger partial charge in [0, 0.05) is 11.1 Å². The molecule has 1 aromatic heterocycles. The molecular formula is C12H11ClN2O2S. The van der Waals surface area contributed by atoms with Crippen LogP contribution in [0.5, 0.6) is 0 Å². The van der Waals surface area contributed by atoms with E-state index in [1.807, 2.05) is 6.26 Å². The van der Waals surface area contributed by atoms with Crippen LogP contribution in [0.3, 0.4) is 0 Å². The van der Waals surface area contributed by atoms with Crippen molar-refractivity contribution in [2.24, 2.45) is 0 Å². The molecule has 4 nitrogen and oxygen atoms in total. The van der Waals surface area contributed by atoms with Crippen LogP contribution in [0.15, 0.2) is 29.3 Å². The van der Waals surface area contributed by atoms with E-state index in [1.54, 1.807) is 31.3 Å². The van der Waals surface area contributed by atoms with Gasteiger partial charge in [-0.15, -0.1) is 11.8 Å². The predicted molar refractivity (Wildman–Crippen MR) is 72.1 cm³/mol. The Bertz CT molecular complexity index is 591. The fourth-order valence-electron chi connectivity index (χ4n) is 1.66. The van der Waals surface area contributed by atoms with Crippen LogP contribution in [0.25, 0.3) is 5.69 Å². The van der Waals surface area contributed by atoms with Gasteiger partial charge < -0.3 is 5.11 Å². The third kappa shape index (κ3) is 2.23. The maximum Gasteiger partial charge on any atom is 0.339 e. The van der Waals surface area contributed by atoms with Crippen LogP contribution >= 0.6 is 23.4 Å². The van der Waals surface area contributed by atoms with Crippen LogP contribution in [0, 0.1) is 6.92 Å². The monoisotopic (exact) mass is 282 g/mol. The largest absolute Gasteiger partial charge is 0.478 e. The lowest BCUT2D eigenvalue weighted by atomic mass is 10.2. The number of benzene rings is 1. The molecule has 0 saturated heterocycles. The lowest BCUT2D eigenvalue weighted by Gasteiger charge is -2.09. The predicted octanol–water partition coefficient (Wildman–Crippen LogP) is 3.25. The zero-order valence-corrected chi connectivity index (χ0v) is 11.4. The van der Waals surface area contributed by atoms with Crippen LogP contribution in [-0.2, 0) is 0 Å². The molecule has 0 unspecified atom stereocenters. The van der Waals surface area contributed by atoms with Crippen molar-refractivity contribution in [2.45, 2.75) is 11.8 Å². The first-order chi connectivity index (χ1) is 8.54. The van der Waals surface area contributed by atoms with Crippen molar-refractivity contribution in [3.63, 3.8) is 0 Å². The average molecular weight is 283 g/mol. The number of carboxylic acid groups (broad SMARTS) is 1. The zero-order valence-electron chi connectivity index (χ0n) is 9.85. The molecule has 0 saturated carbocycles. The van der Waals surface area contributed by atoms with E-state index in [-0.39, 0.29) is 5.56 Å². The second-order valence-corrected chi connectivity index (χ2v) is 4.92. The van der Waals surface area contributed by atoms with Gasteiger partial charge in [0.05, 0.1) is 22.0 Å². The second kappa shape index (κ2) is 5.04. The van der Waals surface area contributed by atoms with Crippen LogP contribution < -0.4 is 0 Å². The minimum absolute atomic E-state index is 0.240. The number of hydrogen-bond acceptors (Lipinski definition) is 3. The van der Waals surface area contributed by atoms with Crippen LogP contribution in [0.2, 0.25) is 5.02 Å². The maximum absolute atomic E-state index is 11.4. The zero-order chi connectivity index (χ0) is 13.3. The van der Waals surface area contributed by atoms with Crippen molar-refractivity contribution in [3.05, 3.63) is 40.7 Å². The van der Waals surface area contributed by atoms with Crippen LogP contribution in [0.4, 0.5) is 0 Å². The molecule has 0 fully saturated rings. The molecule has 0 amide bonds. The fourth-order valence-corrected chi connectivity index (χ4v) is 2.40. The molecule has 18 heavy (non-hydrogen) atoms. The first-order valence-electron chi connectivity index (χ1n) is 5.17. The van der Waals surface area contributed by atoms with Crippen LogP contribution in [-0.4, -0.2) is 27.1 Å². The quantitative estimate of drug-likeness (QED) is 0.878. The van der Waals surface area contributed by atoms with Crippen LogP contribution in [0.1, 0.15) is 16.1 Å². The molecule has 0 aliphatic rings. The van der Waals surface area contributed by atoms with Gasteiger partial charge in [0.2, 0.25) is 0 Å². The third-order valence-corrected chi connectivity index (χ3v) is 3.67. The van der Waals surface area contributed by atoms with Gasteiger partial charge in [0.25, 0.3) is 0 Å². The number of thioether (sulfide) groups is 1.